The number of aliphatic carboxylic acids is 1. The second-order valence-corrected chi connectivity index (χ2v) is 5.85. The van der Waals surface area contributed by atoms with Gasteiger partial charge in [0.15, 0.2) is 0 Å². The van der Waals surface area contributed by atoms with Gasteiger partial charge in [-0.2, -0.15) is 0 Å². The fraction of sp³-hybridized carbons (Fsp3) is 0.727. The standard InChI is InChI=1S/C11H17NO3S2/c1-3-5-7(4-2)9-10(15)12(6-8(13)14)11(16)17-9/h7,9H,3-6H2,1-2H3,(H,13,14). The maximum atomic E-state index is 12.1. The maximum Gasteiger partial charge on any atom is 0.323 e. The van der Waals surface area contributed by atoms with Crippen LogP contribution in [0.1, 0.15) is 33.1 Å². The molecule has 1 fully saturated rings. The fourth-order valence-corrected chi connectivity index (χ4v) is 3.70. The van der Waals surface area contributed by atoms with Crippen molar-refractivity contribution in [3.63, 3.8) is 0 Å². The second-order valence-electron chi connectivity index (χ2n) is 4.08. The molecule has 1 saturated heterocycles. The van der Waals surface area contributed by atoms with E-state index in [4.69, 9.17) is 17.3 Å². The van der Waals surface area contributed by atoms with E-state index >= 15 is 0 Å². The van der Waals surface area contributed by atoms with Crippen LogP contribution in [0.15, 0.2) is 0 Å². The van der Waals surface area contributed by atoms with E-state index in [1.165, 1.54) is 16.7 Å². The van der Waals surface area contributed by atoms with Gasteiger partial charge in [-0.3, -0.25) is 14.5 Å². The molecular weight excluding hydrogens is 258 g/mol. The van der Waals surface area contributed by atoms with Gasteiger partial charge in [0.2, 0.25) is 5.91 Å². The second kappa shape index (κ2) is 6.35. The topological polar surface area (TPSA) is 57.6 Å². The summed E-state index contributed by atoms with van der Waals surface area (Å²) in [5.41, 5.74) is 0. The minimum absolute atomic E-state index is 0.136. The minimum atomic E-state index is -1.02. The number of carboxylic acid groups (broad SMARTS) is 1. The van der Waals surface area contributed by atoms with Crippen LogP contribution in [0, 0.1) is 5.92 Å². The Labute approximate surface area is 111 Å². The Morgan fingerprint density at radius 3 is 2.71 bits per heavy atom. The summed E-state index contributed by atoms with van der Waals surface area (Å²) in [5.74, 6) is -0.873. The summed E-state index contributed by atoms with van der Waals surface area (Å²) < 4.78 is 0.400. The zero-order chi connectivity index (χ0) is 13.0. The van der Waals surface area contributed by atoms with Crippen molar-refractivity contribution in [1.29, 1.82) is 0 Å². The molecule has 1 heterocycles. The third-order valence-electron chi connectivity index (χ3n) is 2.86. The van der Waals surface area contributed by atoms with Crippen LogP contribution in [-0.2, 0) is 9.59 Å². The zero-order valence-electron chi connectivity index (χ0n) is 10.0. The highest BCUT2D eigenvalue weighted by Gasteiger charge is 2.41. The van der Waals surface area contributed by atoms with Crippen molar-refractivity contribution in [2.75, 3.05) is 6.54 Å². The lowest BCUT2D eigenvalue weighted by Crippen LogP contribution is -2.37. The number of amides is 1. The predicted octanol–water partition coefficient (Wildman–Crippen LogP) is 2.13. The number of thiocarbonyl (C=S) groups is 1. The molecule has 0 aliphatic carbocycles. The van der Waals surface area contributed by atoms with Crippen LogP contribution in [-0.4, -0.2) is 38.0 Å². The average molecular weight is 275 g/mol. The summed E-state index contributed by atoms with van der Waals surface area (Å²) in [6, 6.07) is 0. The number of carboxylic acids is 1. The number of hydrogen-bond acceptors (Lipinski definition) is 4. The van der Waals surface area contributed by atoms with Gasteiger partial charge in [-0.1, -0.05) is 50.7 Å². The summed E-state index contributed by atoms with van der Waals surface area (Å²) in [6.45, 7) is 3.82. The van der Waals surface area contributed by atoms with Crippen molar-refractivity contribution in [2.45, 2.75) is 38.4 Å². The summed E-state index contributed by atoms with van der Waals surface area (Å²) in [4.78, 5) is 23.9. The molecule has 0 aromatic rings. The molecule has 1 rings (SSSR count). The van der Waals surface area contributed by atoms with E-state index in [0.29, 0.717) is 4.32 Å². The number of nitrogens with zero attached hydrogens (tertiary/aromatic N) is 1. The van der Waals surface area contributed by atoms with E-state index in [1.54, 1.807) is 0 Å². The monoisotopic (exact) mass is 275 g/mol. The smallest absolute Gasteiger partial charge is 0.323 e. The number of rotatable bonds is 6. The molecule has 2 unspecified atom stereocenters. The molecule has 0 spiro atoms. The van der Waals surface area contributed by atoms with Gasteiger partial charge < -0.3 is 5.11 Å². The van der Waals surface area contributed by atoms with Crippen LogP contribution in [0.25, 0.3) is 0 Å². The predicted molar refractivity (Wildman–Crippen MR) is 72.0 cm³/mol. The summed E-state index contributed by atoms with van der Waals surface area (Å²) >= 11 is 6.41. The number of thioether (sulfide) groups is 1. The van der Waals surface area contributed by atoms with Crippen LogP contribution in [0.5, 0.6) is 0 Å². The molecule has 1 amide bonds. The Hall–Kier alpha value is -0.620. The van der Waals surface area contributed by atoms with Crippen molar-refractivity contribution in [3.8, 4) is 0 Å². The molecule has 0 aromatic carbocycles. The first-order valence-corrected chi connectivity index (χ1v) is 7.03. The van der Waals surface area contributed by atoms with E-state index in [2.05, 4.69) is 13.8 Å². The van der Waals surface area contributed by atoms with Gasteiger partial charge in [0, 0.05) is 0 Å². The molecular formula is C11H17NO3S2. The molecule has 96 valence electrons. The van der Waals surface area contributed by atoms with Gasteiger partial charge in [-0.25, -0.2) is 0 Å². The molecule has 1 N–H and O–H groups in total. The SMILES string of the molecule is CCCC(CC)C1SC(=S)N(CC(=O)O)C1=O. The highest BCUT2D eigenvalue weighted by Crippen LogP contribution is 2.35. The fourth-order valence-electron chi connectivity index (χ4n) is 1.98. The van der Waals surface area contributed by atoms with Crippen LogP contribution in [0.2, 0.25) is 0 Å². The maximum absolute atomic E-state index is 12.1. The first-order chi connectivity index (χ1) is 8.01. The van der Waals surface area contributed by atoms with Crippen LogP contribution in [0.4, 0.5) is 0 Å². The van der Waals surface area contributed by atoms with E-state index < -0.39 is 5.97 Å². The van der Waals surface area contributed by atoms with Gasteiger partial charge in [0.1, 0.15) is 10.9 Å². The van der Waals surface area contributed by atoms with Crippen molar-refractivity contribution in [3.05, 3.63) is 0 Å². The largest absolute Gasteiger partial charge is 0.480 e. The highest BCUT2D eigenvalue weighted by atomic mass is 32.2. The molecule has 1 aliphatic rings. The number of hydrogen-bond donors (Lipinski definition) is 1. The van der Waals surface area contributed by atoms with Gasteiger partial charge in [-0.05, 0) is 12.3 Å². The molecule has 6 heteroatoms. The molecule has 0 saturated carbocycles. The van der Waals surface area contributed by atoms with Crippen LogP contribution < -0.4 is 0 Å². The quantitative estimate of drug-likeness (QED) is 0.753. The van der Waals surface area contributed by atoms with Gasteiger partial charge in [-0.15, -0.1) is 0 Å². The summed E-state index contributed by atoms with van der Waals surface area (Å²) in [5, 5.41) is 8.54. The molecule has 0 aromatic heterocycles. The lowest BCUT2D eigenvalue weighted by molar-refractivity contribution is -0.141. The molecule has 17 heavy (non-hydrogen) atoms. The molecule has 2 atom stereocenters. The number of carbonyl (C=O) groups is 2. The van der Waals surface area contributed by atoms with Gasteiger partial charge in [0.25, 0.3) is 0 Å². The van der Waals surface area contributed by atoms with Crippen LogP contribution in [0.3, 0.4) is 0 Å². The van der Waals surface area contributed by atoms with E-state index in [-0.39, 0.29) is 23.6 Å². The van der Waals surface area contributed by atoms with Crippen LogP contribution >= 0.6 is 24.0 Å². The van der Waals surface area contributed by atoms with Crippen molar-refractivity contribution in [1.82, 2.24) is 4.90 Å². The first-order valence-electron chi connectivity index (χ1n) is 5.75. The lowest BCUT2D eigenvalue weighted by Gasteiger charge is -2.19. The molecule has 4 nitrogen and oxygen atoms in total. The van der Waals surface area contributed by atoms with E-state index in [1.807, 2.05) is 0 Å². The Balaban J connectivity index is 2.75. The lowest BCUT2D eigenvalue weighted by atomic mass is 9.96. The van der Waals surface area contributed by atoms with Crippen molar-refractivity contribution in [2.24, 2.45) is 5.92 Å². The average Bonchev–Trinajstić information content (AvgIpc) is 2.53. The minimum Gasteiger partial charge on any atom is -0.480 e. The van der Waals surface area contributed by atoms with Crippen molar-refractivity contribution < 1.29 is 14.7 Å². The molecule has 0 radical (unpaired) electrons. The third-order valence-corrected chi connectivity index (χ3v) is 4.63. The summed E-state index contributed by atoms with van der Waals surface area (Å²) in [7, 11) is 0. The first kappa shape index (κ1) is 14.4. The van der Waals surface area contributed by atoms with Crippen molar-refractivity contribution >= 4 is 40.2 Å². The highest BCUT2D eigenvalue weighted by molar-refractivity contribution is 8.24. The van der Waals surface area contributed by atoms with Gasteiger partial charge >= 0.3 is 5.97 Å². The summed E-state index contributed by atoms with van der Waals surface area (Å²) in [6.07, 6.45) is 2.92. The van der Waals surface area contributed by atoms with Gasteiger partial charge in [0.05, 0.1) is 5.25 Å². The van der Waals surface area contributed by atoms with E-state index in [9.17, 15) is 9.59 Å². The Morgan fingerprint density at radius 1 is 1.59 bits per heavy atom. The Kier molecular flexibility index (Phi) is 5.39. The third kappa shape index (κ3) is 3.42. The number of carbonyl (C=O) groups excluding carboxylic acids is 1. The Morgan fingerprint density at radius 2 is 2.24 bits per heavy atom. The zero-order valence-corrected chi connectivity index (χ0v) is 11.6. The Bertz CT molecular complexity index is 333. The molecule has 0 bridgehead atoms. The van der Waals surface area contributed by atoms with E-state index in [0.717, 1.165) is 19.3 Å². The molecule has 1 aliphatic heterocycles. The normalized spacial score (nSPS) is 22.0.